The second-order valence-electron chi connectivity index (χ2n) is 5.40. The summed E-state index contributed by atoms with van der Waals surface area (Å²) in [4.78, 5) is 25.6. The Bertz CT molecular complexity index is 530. The lowest BCUT2D eigenvalue weighted by Gasteiger charge is -2.21. The lowest BCUT2D eigenvalue weighted by molar-refractivity contribution is -0.117. The largest absolute Gasteiger partial charge is 0.504 e. The number of hydrogen-bond acceptors (Lipinski definition) is 4. The minimum atomic E-state index is -0.465. The van der Waals surface area contributed by atoms with Crippen LogP contribution < -0.4 is 10.7 Å². The number of anilines is 1. The van der Waals surface area contributed by atoms with Gasteiger partial charge in [0.25, 0.3) is 0 Å². The van der Waals surface area contributed by atoms with Crippen LogP contribution in [-0.4, -0.2) is 35.5 Å². The third-order valence-corrected chi connectivity index (χ3v) is 3.39. The molecule has 0 aliphatic carbocycles. The molecule has 1 aromatic rings. The van der Waals surface area contributed by atoms with Gasteiger partial charge in [-0.1, -0.05) is 26.7 Å². The quantitative estimate of drug-likeness (QED) is 0.723. The van der Waals surface area contributed by atoms with E-state index in [-0.39, 0.29) is 24.1 Å². The number of carbonyl (C=O) groups is 1. The zero-order chi connectivity index (χ0) is 16.4. The van der Waals surface area contributed by atoms with Crippen LogP contribution in [0.3, 0.4) is 0 Å². The molecule has 0 radical (unpaired) electrons. The Morgan fingerprint density at radius 2 is 1.65 bits per heavy atom. The SMILES string of the molecule is CCCCN(CCCC)CC(=O)Nc1ccc(O)c(=O)cc1.Cl. The summed E-state index contributed by atoms with van der Waals surface area (Å²) in [6.07, 6.45) is 4.35. The van der Waals surface area contributed by atoms with E-state index in [0.717, 1.165) is 38.8 Å². The summed E-state index contributed by atoms with van der Waals surface area (Å²) in [5.41, 5.74) is 0.0429. The van der Waals surface area contributed by atoms with E-state index in [1.807, 2.05) is 0 Å². The average molecular weight is 343 g/mol. The molecule has 0 bridgehead atoms. The molecule has 1 amide bonds. The fourth-order valence-corrected chi connectivity index (χ4v) is 2.08. The van der Waals surface area contributed by atoms with Crippen LogP contribution in [0.5, 0.6) is 5.75 Å². The summed E-state index contributed by atoms with van der Waals surface area (Å²) < 4.78 is 0. The molecule has 5 nitrogen and oxygen atoms in total. The van der Waals surface area contributed by atoms with E-state index < -0.39 is 5.43 Å². The van der Waals surface area contributed by atoms with Gasteiger partial charge in [0.05, 0.1) is 6.54 Å². The number of unbranched alkanes of at least 4 members (excludes halogenated alkanes) is 2. The molecule has 0 saturated carbocycles. The van der Waals surface area contributed by atoms with E-state index in [0.29, 0.717) is 12.2 Å². The molecule has 0 aliphatic heterocycles. The number of hydrogen-bond donors (Lipinski definition) is 2. The summed E-state index contributed by atoms with van der Waals surface area (Å²) in [5, 5.41) is 12.1. The molecule has 0 heterocycles. The Balaban J connectivity index is 0.00000484. The molecule has 0 fully saturated rings. The minimum Gasteiger partial charge on any atom is -0.504 e. The van der Waals surface area contributed by atoms with Crippen molar-refractivity contribution in [1.82, 2.24) is 4.90 Å². The lowest BCUT2D eigenvalue weighted by Crippen LogP contribution is -2.34. The number of nitrogens with zero attached hydrogens (tertiary/aromatic N) is 1. The van der Waals surface area contributed by atoms with Crippen molar-refractivity contribution in [2.75, 3.05) is 25.0 Å². The highest BCUT2D eigenvalue weighted by atomic mass is 35.5. The first-order chi connectivity index (χ1) is 10.6. The Labute approximate surface area is 144 Å². The number of halogens is 1. The van der Waals surface area contributed by atoms with Crippen LogP contribution in [0.4, 0.5) is 5.69 Å². The Morgan fingerprint density at radius 3 is 2.22 bits per heavy atom. The summed E-state index contributed by atoms with van der Waals surface area (Å²) in [7, 11) is 0. The van der Waals surface area contributed by atoms with Gasteiger partial charge in [0.1, 0.15) is 0 Å². The van der Waals surface area contributed by atoms with E-state index in [1.165, 1.54) is 24.3 Å². The van der Waals surface area contributed by atoms with Crippen LogP contribution in [0.2, 0.25) is 0 Å². The third kappa shape index (κ3) is 8.57. The number of rotatable bonds is 9. The van der Waals surface area contributed by atoms with Gasteiger partial charge in [-0.3, -0.25) is 14.5 Å². The van der Waals surface area contributed by atoms with E-state index in [4.69, 9.17) is 0 Å². The molecule has 0 aliphatic rings. The number of aromatic hydroxyl groups is 1. The highest BCUT2D eigenvalue weighted by molar-refractivity contribution is 5.92. The van der Waals surface area contributed by atoms with Gasteiger partial charge in [-0.15, -0.1) is 12.4 Å². The summed E-state index contributed by atoms with van der Waals surface area (Å²) in [5.74, 6) is -0.432. The molecule has 130 valence electrons. The van der Waals surface area contributed by atoms with Crippen molar-refractivity contribution < 1.29 is 9.90 Å². The summed E-state index contributed by atoms with van der Waals surface area (Å²) >= 11 is 0. The average Bonchev–Trinajstić information content (AvgIpc) is 2.65. The van der Waals surface area contributed by atoms with Crippen molar-refractivity contribution in [3.05, 3.63) is 34.5 Å². The predicted octanol–water partition coefficient (Wildman–Crippen LogP) is 3.01. The normalized spacial score (nSPS) is 10.2. The van der Waals surface area contributed by atoms with Gasteiger partial charge in [0.15, 0.2) is 5.75 Å². The van der Waals surface area contributed by atoms with Crippen LogP contribution in [-0.2, 0) is 4.79 Å². The maximum Gasteiger partial charge on any atom is 0.238 e. The van der Waals surface area contributed by atoms with E-state index in [1.54, 1.807) is 0 Å². The predicted molar refractivity (Wildman–Crippen MR) is 96.5 cm³/mol. The molecule has 2 N–H and O–H groups in total. The smallest absolute Gasteiger partial charge is 0.238 e. The molecule has 23 heavy (non-hydrogen) atoms. The summed E-state index contributed by atoms with van der Waals surface area (Å²) in [6.45, 7) is 6.44. The first-order valence-corrected chi connectivity index (χ1v) is 7.92. The Hall–Kier alpha value is -1.59. The van der Waals surface area contributed by atoms with Crippen LogP contribution in [0.1, 0.15) is 39.5 Å². The van der Waals surface area contributed by atoms with Crippen molar-refractivity contribution in [2.45, 2.75) is 39.5 Å². The van der Waals surface area contributed by atoms with Gasteiger partial charge in [-0.05, 0) is 50.2 Å². The third-order valence-electron chi connectivity index (χ3n) is 3.39. The Morgan fingerprint density at radius 1 is 1.09 bits per heavy atom. The van der Waals surface area contributed by atoms with Crippen molar-refractivity contribution in [2.24, 2.45) is 0 Å². The number of carbonyl (C=O) groups excluding carboxylic acids is 1. The monoisotopic (exact) mass is 342 g/mol. The van der Waals surface area contributed by atoms with Gasteiger partial charge < -0.3 is 10.4 Å². The van der Waals surface area contributed by atoms with Gasteiger partial charge in [0, 0.05) is 5.69 Å². The number of nitrogens with one attached hydrogen (secondary N) is 1. The zero-order valence-corrected chi connectivity index (χ0v) is 14.7. The lowest BCUT2D eigenvalue weighted by atomic mass is 10.2. The fraction of sp³-hybridized carbons (Fsp3) is 0.529. The van der Waals surface area contributed by atoms with E-state index in [2.05, 4.69) is 24.1 Å². The molecule has 1 aromatic carbocycles. The number of amides is 1. The van der Waals surface area contributed by atoms with Crippen LogP contribution in [0.15, 0.2) is 29.1 Å². The molecule has 0 spiro atoms. The first kappa shape index (κ1) is 21.4. The molecule has 0 unspecified atom stereocenters. The van der Waals surface area contributed by atoms with Crippen molar-refractivity contribution >= 4 is 24.0 Å². The first-order valence-electron chi connectivity index (χ1n) is 7.92. The van der Waals surface area contributed by atoms with Gasteiger partial charge in [-0.2, -0.15) is 0 Å². The van der Waals surface area contributed by atoms with Gasteiger partial charge in [-0.25, -0.2) is 0 Å². The van der Waals surface area contributed by atoms with Crippen LogP contribution in [0, 0.1) is 0 Å². The van der Waals surface area contributed by atoms with Crippen LogP contribution >= 0.6 is 12.4 Å². The molecule has 1 rings (SSSR count). The van der Waals surface area contributed by atoms with Gasteiger partial charge in [0.2, 0.25) is 11.3 Å². The highest BCUT2D eigenvalue weighted by Gasteiger charge is 2.10. The molecule has 0 saturated heterocycles. The maximum atomic E-state index is 12.1. The second-order valence-corrected chi connectivity index (χ2v) is 5.40. The standard InChI is InChI=1S/C17H26N2O3.ClH/c1-3-5-11-19(12-6-4-2)13-17(22)18-14-7-9-15(20)16(21)10-8-14;/h7-10H,3-6,11-13H2,1-2H3,(H,18,22)(H,20,21);1H. The molecular weight excluding hydrogens is 316 g/mol. The maximum absolute atomic E-state index is 12.1. The van der Waals surface area contributed by atoms with Crippen molar-refractivity contribution in [1.29, 1.82) is 0 Å². The second kappa shape index (κ2) is 11.9. The molecule has 0 atom stereocenters. The zero-order valence-electron chi connectivity index (χ0n) is 13.9. The molecular formula is C17H27ClN2O3. The van der Waals surface area contributed by atoms with Crippen LogP contribution in [0.25, 0.3) is 0 Å². The molecule has 0 aromatic heterocycles. The van der Waals surface area contributed by atoms with E-state index >= 15 is 0 Å². The summed E-state index contributed by atoms with van der Waals surface area (Å²) in [6, 6.07) is 5.57. The van der Waals surface area contributed by atoms with Gasteiger partial charge >= 0.3 is 0 Å². The molecule has 6 heteroatoms. The minimum absolute atomic E-state index is 0. The van der Waals surface area contributed by atoms with E-state index in [9.17, 15) is 14.7 Å². The fourth-order valence-electron chi connectivity index (χ4n) is 2.08. The van der Waals surface area contributed by atoms with Crippen molar-refractivity contribution in [3.8, 4) is 5.75 Å². The topological polar surface area (TPSA) is 69.6 Å². The van der Waals surface area contributed by atoms with Crippen molar-refractivity contribution in [3.63, 3.8) is 0 Å². The Kier molecular flexibility index (Phi) is 11.1. The highest BCUT2D eigenvalue weighted by Crippen LogP contribution is 2.07.